The predicted octanol–water partition coefficient (Wildman–Crippen LogP) is 3.31. The Bertz CT molecular complexity index is 1230. The molecule has 0 aliphatic carbocycles. The van der Waals surface area contributed by atoms with Crippen LogP contribution in [0.2, 0.25) is 0 Å². The predicted molar refractivity (Wildman–Crippen MR) is 107 cm³/mol. The minimum Gasteiger partial charge on any atom is -0.340 e. The number of aromatic amines is 1. The zero-order chi connectivity index (χ0) is 18.9. The molecule has 5 aromatic rings. The fourth-order valence-electron chi connectivity index (χ4n) is 3.35. The Kier molecular flexibility index (Phi) is 3.97. The lowest BCUT2D eigenvalue weighted by Gasteiger charge is -2.01. The number of nitrogens with zero attached hydrogens (tertiary/aromatic N) is 6. The summed E-state index contributed by atoms with van der Waals surface area (Å²) >= 11 is 0. The Morgan fingerprint density at radius 2 is 1.89 bits per heavy atom. The van der Waals surface area contributed by atoms with E-state index in [1.165, 1.54) is 5.56 Å². The number of aryl methyl sites for hydroxylation is 3. The molecule has 4 heterocycles. The van der Waals surface area contributed by atoms with Crippen molar-refractivity contribution in [3.8, 4) is 22.6 Å². The Morgan fingerprint density at radius 1 is 1.00 bits per heavy atom. The number of hydrogen-bond acceptors (Lipinski definition) is 4. The molecule has 7 nitrogen and oxygen atoms in total. The van der Waals surface area contributed by atoms with Gasteiger partial charge in [-0.1, -0.05) is 30.3 Å². The van der Waals surface area contributed by atoms with Gasteiger partial charge in [0.15, 0.2) is 5.65 Å². The van der Waals surface area contributed by atoms with Crippen LogP contribution >= 0.6 is 0 Å². The average molecular weight is 369 g/mol. The zero-order valence-electron chi connectivity index (χ0n) is 15.4. The van der Waals surface area contributed by atoms with Crippen LogP contribution < -0.4 is 0 Å². The van der Waals surface area contributed by atoms with E-state index in [-0.39, 0.29) is 0 Å². The number of fused-ring (bicyclic) bond motifs is 1. The van der Waals surface area contributed by atoms with Gasteiger partial charge in [0.1, 0.15) is 17.8 Å². The number of H-pyrrole nitrogens is 1. The van der Waals surface area contributed by atoms with E-state index in [1.807, 2.05) is 43.7 Å². The van der Waals surface area contributed by atoms with E-state index in [0.717, 1.165) is 47.0 Å². The lowest BCUT2D eigenvalue weighted by atomic mass is 10.1. The SMILES string of the molecule is Cn1ccc(-c2[nH]c(CCc3ccccc3)nc2-c2ccc3ncnn3c2)n1. The molecule has 1 N–H and O–H groups in total. The van der Waals surface area contributed by atoms with Crippen molar-refractivity contribution in [3.63, 3.8) is 0 Å². The summed E-state index contributed by atoms with van der Waals surface area (Å²) < 4.78 is 3.56. The first-order valence-electron chi connectivity index (χ1n) is 9.19. The summed E-state index contributed by atoms with van der Waals surface area (Å²) in [6, 6.07) is 16.4. The summed E-state index contributed by atoms with van der Waals surface area (Å²) in [5, 5.41) is 8.80. The first-order chi connectivity index (χ1) is 13.8. The molecule has 0 amide bonds. The maximum atomic E-state index is 4.91. The molecule has 0 aliphatic heterocycles. The van der Waals surface area contributed by atoms with Crippen LogP contribution in [0.15, 0.2) is 67.3 Å². The molecule has 0 bridgehead atoms. The van der Waals surface area contributed by atoms with Gasteiger partial charge in [-0.25, -0.2) is 14.5 Å². The topological polar surface area (TPSA) is 76.7 Å². The summed E-state index contributed by atoms with van der Waals surface area (Å²) in [5.41, 5.74) is 5.74. The largest absolute Gasteiger partial charge is 0.340 e. The van der Waals surface area contributed by atoms with Gasteiger partial charge in [-0.3, -0.25) is 4.68 Å². The van der Waals surface area contributed by atoms with Gasteiger partial charge in [0, 0.05) is 31.4 Å². The Balaban J connectivity index is 1.54. The number of nitrogens with one attached hydrogen (secondary N) is 1. The van der Waals surface area contributed by atoms with Crippen LogP contribution in [0, 0.1) is 0 Å². The van der Waals surface area contributed by atoms with E-state index in [1.54, 1.807) is 15.5 Å². The third-order valence-electron chi connectivity index (χ3n) is 4.76. The van der Waals surface area contributed by atoms with Crippen molar-refractivity contribution in [1.29, 1.82) is 0 Å². The van der Waals surface area contributed by atoms with Gasteiger partial charge in [-0.15, -0.1) is 0 Å². The summed E-state index contributed by atoms with van der Waals surface area (Å²) in [4.78, 5) is 12.6. The zero-order valence-corrected chi connectivity index (χ0v) is 15.4. The fraction of sp³-hybridized carbons (Fsp3) is 0.143. The summed E-state index contributed by atoms with van der Waals surface area (Å²) in [6.07, 6.45) is 7.19. The second-order valence-electron chi connectivity index (χ2n) is 6.75. The lowest BCUT2D eigenvalue weighted by Crippen LogP contribution is -1.93. The lowest BCUT2D eigenvalue weighted by molar-refractivity contribution is 0.770. The molecule has 0 saturated carbocycles. The standard InChI is InChI=1S/C21H19N7/c1-27-12-11-17(26-27)21-20(16-8-10-19-22-14-23-28(19)13-16)24-18(25-21)9-7-15-5-3-2-4-6-15/h2-6,8,10-14H,7,9H2,1H3,(H,24,25). The third-order valence-corrected chi connectivity index (χ3v) is 4.76. The second-order valence-corrected chi connectivity index (χ2v) is 6.75. The molecule has 4 aromatic heterocycles. The molecular weight excluding hydrogens is 350 g/mol. The number of hydrogen-bond donors (Lipinski definition) is 1. The van der Waals surface area contributed by atoms with Crippen molar-refractivity contribution in [3.05, 3.63) is 78.6 Å². The van der Waals surface area contributed by atoms with E-state index < -0.39 is 0 Å². The first-order valence-corrected chi connectivity index (χ1v) is 9.19. The summed E-state index contributed by atoms with van der Waals surface area (Å²) in [6.45, 7) is 0. The monoisotopic (exact) mass is 369 g/mol. The molecular formula is C21H19N7. The maximum Gasteiger partial charge on any atom is 0.155 e. The average Bonchev–Trinajstić information content (AvgIpc) is 3.45. The molecule has 0 fully saturated rings. The molecule has 0 atom stereocenters. The van der Waals surface area contributed by atoms with Crippen LogP contribution in [-0.4, -0.2) is 34.3 Å². The first kappa shape index (κ1) is 16.4. The Hall–Kier alpha value is -3.74. The Labute approximate surface area is 161 Å². The molecule has 0 aliphatic rings. The van der Waals surface area contributed by atoms with Crippen LogP contribution in [0.25, 0.3) is 28.3 Å². The smallest absolute Gasteiger partial charge is 0.155 e. The molecule has 0 unspecified atom stereocenters. The van der Waals surface area contributed by atoms with E-state index in [2.05, 4.69) is 44.4 Å². The summed E-state index contributed by atoms with van der Waals surface area (Å²) in [5.74, 6) is 0.943. The summed E-state index contributed by atoms with van der Waals surface area (Å²) in [7, 11) is 1.91. The van der Waals surface area contributed by atoms with Gasteiger partial charge in [-0.05, 0) is 30.2 Å². The van der Waals surface area contributed by atoms with Gasteiger partial charge in [0.05, 0.1) is 11.4 Å². The van der Waals surface area contributed by atoms with Crippen LogP contribution in [0.5, 0.6) is 0 Å². The van der Waals surface area contributed by atoms with Crippen molar-refractivity contribution in [1.82, 2.24) is 34.3 Å². The third kappa shape index (κ3) is 3.07. The van der Waals surface area contributed by atoms with Gasteiger partial charge < -0.3 is 4.98 Å². The quantitative estimate of drug-likeness (QED) is 0.516. The van der Waals surface area contributed by atoms with Crippen LogP contribution in [0.4, 0.5) is 0 Å². The number of benzene rings is 1. The molecule has 7 heteroatoms. The van der Waals surface area contributed by atoms with E-state index in [0.29, 0.717) is 0 Å². The van der Waals surface area contributed by atoms with Crippen molar-refractivity contribution in [2.45, 2.75) is 12.8 Å². The molecule has 28 heavy (non-hydrogen) atoms. The van der Waals surface area contributed by atoms with E-state index in [4.69, 9.17) is 4.98 Å². The Morgan fingerprint density at radius 3 is 2.71 bits per heavy atom. The molecule has 0 radical (unpaired) electrons. The number of imidazole rings is 1. The fourth-order valence-corrected chi connectivity index (χ4v) is 3.35. The highest BCUT2D eigenvalue weighted by Crippen LogP contribution is 2.29. The highest BCUT2D eigenvalue weighted by atomic mass is 15.3. The highest BCUT2D eigenvalue weighted by Gasteiger charge is 2.17. The minimum atomic E-state index is 0.808. The van der Waals surface area contributed by atoms with E-state index >= 15 is 0 Å². The molecule has 138 valence electrons. The van der Waals surface area contributed by atoms with Gasteiger partial charge in [0.2, 0.25) is 0 Å². The normalized spacial score (nSPS) is 11.3. The molecule has 0 spiro atoms. The molecule has 1 aromatic carbocycles. The number of aromatic nitrogens is 7. The van der Waals surface area contributed by atoms with Gasteiger partial charge in [0.25, 0.3) is 0 Å². The highest BCUT2D eigenvalue weighted by molar-refractivity contribution is 5.76. The second kappa shape index (κ2) is 6.77. The van der Waals surface area contributed by atoms with Crippen LogP contribution in [-0.2, 0) is 19.9 Å². The van der Waals surface area contributed by atoms with Crippen molar-refractivity contribution >= 4 is 5.65 Å². The van der Waals surface area contributed by atoms with Gasteiger partial charge in [-0.2, -0.15) is 10.2 Å². The molecule has 5 rings (SSSR count). The number of rotatable bonds is 5. The van der Waals surface area contributed by atoms with Crippen molar-refractivity contribution in [2.75, 3.05) is 0 Å². The van der Waals surface area contributed by atoms with E-state index in [9.17, 15) is 0 Å². The van der Waals surface area contributed by atoms with Crippen molar-refractivity contribution in [2.24, 2.45) is 7.05 Å². The van der Waals surface area contributed by atoms with Crippen LogP contribution in [0.1, 0.15) is 11.4 Å². The maximum absolute atomic E-state index is 4.91. The van der Waals surface area contributed by atoms with Crippen LogP contribution in [0.3, 0.4) is 0 Å². The molecule has 0 saturated heterocycles. The van der Waals surface area contributed by atoms with Crippen molar-refractivity contribution < 1.29 is 0 Å². The number of pyridine rings is 1. The minimum absolute atomic E-state index is 0.808. The van der Waals surface area contributed by atoms with Gasteiger partial charge >= 0.3 is 0 Å².